The van der Waals surface area contributed by atoms with Gasteiger partial charge in [-0.15, -0.1) is 0 Å². The summed E-state index contributed by atoms with van der Waals surface area (Å²) in [5, 5.41) is 16.0. The molecule has 1 aliphatic heterocycles. The fourth-order valence-electron chi connectivity index (χ4n) is 3.84. The topological polar surface area (TPSA) is 74.2 Å². The van der Waals surface area contributed by atoms with E-state index in [1.165, 1.54) is 24.1 Å². The van der Waals surface area contributed by atoms with E-state index in [0.717, 1.165) is 56.5 Å². The molecule has 156 valence electrons. The number of benzene rings is 1. The van der Waals surface area contributed by atoms with Crippen LogP contribution in [0.15, 0.2) is 42.5 Å². The number of pyridine rings is 1. The summed E-state index contributed by atoms with van der Waals surface area (Å²) in [5.74, 6) is 0.324. The molecule has 1 atom stereocenters. The Hall–Kier alpha value is -2.40. The van der Waals surface area contributed by atoms with E-state index >= 15 is 0 Å². The lowest BCUT2D eigenvalue weighted by Crippen LogP contribution is -2.36. The van der Waals surface area contributed by atoms with Crippen molar-refractivity contribution in [3.63, 3.8) is 0 Å². The minimum atomic E-state index is -0.756. The smallest absolute Gasteiger partial charge is 0.320 e. The monoisotopic (exact) mass is 395 g/mol. The average Bonchev–Trinajstić information content (AvgIpc) is 2.75. The summed E-state index contributed by atoms with van der Waals surface area (Å²) in [6.07, 6.45) is 9.50. The van der Waals surface area contributed by atoms with E-state index in [1.807, 2.05) is 30.3 Å². The molecule has 2 heterocycles. The number of carboxylic acid groups (broad SMARTS) is 1. The molecule has 0 amide bonds. The highest BCUT2D eigenvalue weighted by molar-refractivity contribution is 5.73. The fourth-order valence-corrected chi connectivity index (χ4v) is 3.84. The SMILES string of the molecule is O=C(O)C(CCCCCCCc1ccc2c(n1)NCCC2)NCc1ccccc1. The van der Waals surface area contributed by atoms with Gasteiger partial charge in [-0.25, -0.2) is 4.98 Å². The Morgan fingerprint density at radius 3 is 2.69 bits per heavy atom. The summed E-state index contributed by atoms with van der Waals surface area (Å²) in [5.41, 5.74) is 3.63. The second-order valence-electron chi connectivity index (χ2n) is 7.90. The molecule has 0 spiro atoms. The van der Waals surface area contributed by atoms with Crippen LogP contribution in [0.5, 0.6) is 0 Å². The first kappa shape index (κ1) is 21.3. The molecule has 2 aromatic rings. The summed E-state index contributed by atoms with van der Waals surface area (Å²) < 4.78 is 0. The maximum absolute atomic E-state index is 11.5. The second-order valence-corrected chi connectivity index (χ2v) is 7.90. The van der Waals surface area contributed by atoms with Gasteiger partial charge in [0.25, 0.3) is 0 Å². The van der Waals surface area contributed by atoms with Crippen molar-refractivity contribution in [2.75, 3.05) is 11.9 Å². The zero-order valence-corrected chi connectivity index (χ0v) is 17.2. The Kier molecular flexibility index (Phi) is 8.50. The van der Waals surface area contributed by atoms with Crippen molar-refractivity contribution in [2.45, 2.75) is 70.4 Å². The second kappa shape index (κ2) is 11.6. The minimum absolute atomic E-state index is 0.470. The van der Waals surface area contributed by atoms with Crippen LogP contribution >= 0.6 is 0 Å². The van der Waals surface area contributed by atoms with Gasteiger partial charge in [-0.05, 0) is 49.3 Å². The van der Waals surface area contributed by atoms with Gasteiger partial charge in [0, 0.05) is 18.8 Å². The number of rotatable bonds is 12. The van der Waals surface area contributed by atoms with Crippen molar-refractivity contribution in [2.24, 2.45) is 0 Å². The molecule has 3 rings (SSSR count). The molecule has 1 aromatic heterocycles. The molecule has 0 saturated carbocycles. The first-order valence-corrected chi connectivity index (χ1v) is 10.9. The first-order valence-electron chi connectivity index (χ1n) is 10.9. The van der Waals surface area contributed by atoms with E-state index in [-0.39, 0.29) is 0 Å². The largest absolute Gasteiger partial charge is 0.480 e. The summed E-state index contributed by atoms with van der Waals surface area (Å²) in [6.45, 7) is 1.63. The number of fused-ring (bicyclic) bond motifs is 1. The third kappa shape index (κ3) is 7.17. The van der Waals surface area contributed by atoms with Gasteiger partial charge in [0.2, 0.25) is 0 Å². The summed E-state index contributed by atoms with van der Waals surface area (Å²) >= 11 is 0. The maximum atomic E-state index is 11.5. The van der Waals surface area contributed by atoms with Crippen molar-refractivity contribution in [1.82, 2.24) is 10.3 Å². The average molecular weight is 396 g/mol. The molecule has 1 aliphatic rings. The molecule has 0 aliphatic carbocycles. The number of unbranched alkanes of at least 4 members (excludes halogenated alkanes) is 4. The van der Waals surface area contributed by atoms with Crippen LogP contribution in [0.3, 0.4) is 0 Å². The van der Waals surface area contributed by atoms with Crippen LogP contribution < -0.4 is 10.6 Å². The van der Waals surface area contributed by atoms with Gasteiger partial charge in [0.15, 0.2) is 0 Å². The van der Waals surface area contributed by atoms with Crippen LogP contribution in [-0.2, 0) is 24.2 Å². The zero-order valence-electron chi connectivity index (χ0n) is 17.2. The van der Waals surface area contributed by atoms with Gasteiger partial charge in [-0.3, -0.25) is 4.79 Å². The van der Waals surface area contributed by atoms with Crippen molar-refractivity contribution in [3.05, 3.63) is 59.3 Å². The van der Waals surface area contributed by atoms with Gasteiger partial charge in [0.05, 0.1) is 0 Å². The van der Waals surface area contributed by atoms with Crippen LogP contribution in [0.1, 0.15) is 61.8 Å². The molecule has 1 aromatic carbocycles. The Morgan fingerprint density at radius 1 is 1.07 bits per heavy atom. The molecule has 0 radical (unpaired) electrons. The summed E-state index contributed by atoms with van der Waals surface area (Å²) in [4.78, 5) is 16.2. The number of nitrogens with zero attached hydrogens (tertiary/aromatic N) is 1. The van der Waals surface area contributed by atoms with Crippen LogP contribution in [-0.4, -0.2) is 28.6 Å². The molecule has 29 heavy (non-hydrogen) atoms. The number of aromatic nitrogens is 1. The summed E-state index contributed by atoms with van der Waals surface area (Å²) in [6, 6.07) is 13.9. The standard InChI is InChI=1S/C24H33N3O2/c28-24(29)22(26-18-19-10-5-4-6-11-19)14-8-3-1-2-7-13-21-16-15-20-12-9-17-25-23(20)27-21/h4-6,10-11,15-16,22,26H,1-3,7-9,12-14,17-18H2,(H,25,27)(H,28,29). The van der Waals surface area contributed by atoms with Crippen LogP contribution in [0.2, 0.25) is 0 Å². The molecule has 5 heteroatoms. The fraction of sp³-hybridized carbons (Fsp3) is 0.500. The lowest BCUT2D eigenvalue weighted by molar-refractivity contribution is -0.139. The van der Waals surface area contributed by atoms with E-state index in [9.17, 15) is 9.90 Å². The van der Waals surface area contributed by atoms with Crippen LogP contribution in [0.4, 0.5) is 5.82 Å². The van der Waals surface area contributed by atoms with E-state index < -0.39 is 12.0 Å². The number of anilines is 1. The molecule has 5 nitrogen and oxygen atoms in total. The number of hydrogen-bond donors (Lipinski definition) is 3. The molecule has 3 N–H and O–H groups in total. The quantitative estimate of drug-likeness (QED) is 0.459. The molecule has 0 bridgehead atoms. The third-order valence-electron chi connectivity index (χ3n) is 5.57. The molecular weight excluding hydrogens is 362 g/mol. The Bertz CT molecular complexity index is 764. The highest BCUT2D eigenvalue weighted by atomic mass is 16.4. The third-order valence-corrected chi connectivity index (χ3v) is 5.57. The molecule has 1 unspecified atom stereocenters. The number of aryl methyl sites for hydroxylation is 2. The normalized spacial score (nSPS) is 14.1. The van der Waals surface area contributed by atoms with E-state index in [4.69, 9.17) is 4.98 Å². The predicted molar refractivity (Wildman–Crippen MR) is 117 cm³/mol. The van der Waals surface area contributed by atoms with E-state index in [0.29, 0.717) is 13.0 Å². The maximum Gasteiger partial charge on any atom is 0.320 e. The number of nitrogens with one attached hydrogen (secondary N) is 2. The summed E-state index contributed by atoms with van der Waals surface area (Å²) in [7, 11) is 0. The zero-order chi connectivity index (χ0) is 20.3. The lowest BCUT2D eigenvalue weighted by Gasteiger charge is -2.17. The van der Waals surface area contributed by atoms with Crippen molar-refractivity contribution in [1.29, 1.82) is 0 Å². The molecule has 0 saturated heterocycles. The molecular formula is C24H33N3O2. The van der Waals surface area contributed by atoms with Gasteiger partial charge >= 0.3 is 5.97 Å². The predicted octanol–water partition coefficient (Wildman–Crippen LogP) is 4.57. The van der Waals surface area contributed by atoms with Crippen molar-refractivity contribution in [3.8, 4) is 0 Å². The Morgan fingerprint density at radius 2 is 1.86 bits per heavy atom. The van der Waals surface area contributed by atoms with E-state index in [1.54, 1.807) is 0 Å². The highest BCUT2D eigenvalue weighted by Crippen LogP contribution is 2.20. The van der Waals surface area contributed by atoms with Gasteiger partial charge in [-0.1, -0.05) is 62.1 Å². The van der Waals surface area contributed by atoms with Crippen LogP contribution in [0, 0.1) is 0 Å². The molecule has 0 fully saturated rings. The Labute approximate surface area is 174 Å². The first-order chi connectivity index (χ1) is 14.2. The number of carboxylic acids is 1. The minimum Gasteiger partial charge on any atom is -0.480 e. The lowest BCUT2D eigenvalue weighted by atomic mass is 10.0. The van der Waals surface area contributed by atoms with Crippen molar-refractivity contribution < 1.29 is 9.90 Å². The number of hydrogen-bond acceptors (Lipinski definition) is 4. The highest BCUT2D eigenvalue weighted by Gasteiger charge is 2.16. The van der Waals surface area contributed by atoms with Gasteiger partial charge in [0.1, 0.15) is 11.9 Å². The number of carbonyl (C=O) groups is 1. The van der Waals surface area contributed by atoms with Crippen molar-refractivity contribution >= 4 is 11.8 Å². The number of aliphatic carboxylic acids is 1. The van der Waals surface area contributed by atoms with E-state index in [2.05, 4.69) is 22.8 Å². The van der Waals surface area contributed by atoms with Crippen LogP contribution in [0.25, 0.3) is 0 Å². The Balaban J connectivity index is 1.28. The van der Waals surface area contributed by atoms with Gasteiger partial charge < -0.3 is 15.7 Å². The van der Waals surface area contributed by atoms with Gasteiger partial charge in [-0.2, -0.15) is 0 Å².